The Morgan fingerprint density at radius 2 is 1.83 bits per heavy atom. The molecule has 2 aliphatic rings. The lowest BCUT2D eigenvalue weighted by Gasteiger charge is -2.45. The molecule has 1 saturated heterocycles. The molecule has 48 heavy (non-hydrogen) atoms. The van der Waals surface area contributed by atoms with Gasteiger partial charge in [0.15, 0.2) is 21.5 Å². The summed E-state index contributed by atoms with van der Waals surface area (Å²) in [5.41, 5.74) is 4.40. The van der Waals surface area contributed by atoms with Crippen molar-refractivity contribution in [1.82, 2.24) is 19.4 Å². The van der Waals surface area contributed by atoms with Crippen molar-refractivity contribution in [3.05, 3.63) is 79.4 Å². The lowest BCUT2D eigenvalue weighted by Crippen LogP contribution is -2.61. The maximum atomic E-state index is 17.2. The molecule has 6 rings (SSSR count). The summed E-state index contributed by atoms with van der Waals surface area (Å²) in [6.07, 6.45) is 2.67. The molecule has 2 N–H and O–H groups in total. The fraction of sp³-hybridized carbons (Fsp3) is 0.312. The number of halogens is 5. The van der Waals surface area contributed by atoms with Crippen molar-refractivity contribution in [3.8, 4) is 16.8 Å². The van der Waals surface area contributed by atoms with Gasteiger partial charge in [0.25, 0.3) is 0 Å². The van der Waals surface area contributed by atoms with Gasteiger partial charge in [-0.2, -0.15) is 4.98 Å². The molecule has 2 aromatic heterocycles. The average Bonchev–Trinajstić information content (AvgIpc) is 3.10. The molecular formula is C32H29Cl3F2N6O4S. The molecule has 0 bridgehead atoms. The van der Waals surface area contributed by atoms with Gasteiger partial charge in [-0.25, -0.2) is 22.0 Å². The van der Waals surface area contributed by atoms with Crippen molar-refractivity contribution in [2.24, 2.45) is 0 Å². The van der Waals surface area contributed by atoms with E-state index in [2.05, 4.69) is 16.5 Å². The zero-order valence-corrected chi connectivity index (χ0v) is 29.2. The molecule has 4 heterocycles. The summed E-state index contributed by atoms with van der Waals surface area (Å²) in [6, 6.07) is 1.12. The molecular weight excluding hydrogens is 709 g/mol. The molecule has 2 aliphatic heterocycles. The SMILES string of the molecule is C=CC(=O)N1CC(C)N2c3nc(=O)n(-c4c(C)ccnc4C(C)C)c4c(Cl)c(-c5c(N)c(Cl)cc(Cl)c5F)c(F)c(c34)S(=O)(=O)CC2C1. The van der Waals surface area contributed by atoms with Gasteiger partial charge < -0.3 is 15.5 Å². The highest BCUT2D eigenvalue weighted by Gasteiger charge is 2.45. The predicted molar refractivity (Wildman–Crippen MR) is 183 cm³/mol. The minimum Gasteiger partial charge on any atom is -0.397 e. The highest BCUT2D eigenvalue weighted by atomic mass is 35.5. The fourth-order valence-corrected chi connectivity index (χ4v) is 9.39. The number of rotatable bonds is 4. The van der Waals surface area contributed by atoms with Gasteiger partial charge in [-0.05, 0) is 43.5 Å². The molecule has 16 heteroatoms. The second kappa shape index (κ2) is 12.0. The van der Waals surface area contributed by atoms with Crippen LogP contribution in [0, 0.1) is 18.6 Å². The van der Waals surface area contributed by atoms with Crippen molar-refractivity contribution < 1.29 is 22.0 Å². The van der Waals surface area contributed by atoms with Gasteiger partial charge in [-0.1, -0.05) is 55.2 Å². The van der Waals surface area contributed by atoms with Gasteiger partial charge in [0.2, 0.25) is 5.91 Å². The van der Waals surface area contributed by atoms with Crippen LogP contribution in [-0.4, -0.2) is 64.7 Å². The number of amides is 1. The summed E-state index contributed by atoms with van der Waals surface area (Å²) in [5, 5.41) is -1.58. The van der Waals surface area contributed by atoms with Crippen LogP contribution in [-0.2, 0) is 14.6 Å². The standard InChI is InChI=1S/C32H29Cl3F2N6O4S/c1-6-19(44)41-10-15(5)42-16(11-41)12-48(46,47)30-22-29(23(35)20(25(30)37)21-24(36)17(33)9-18(34)26(21)38)43(32(45)40-31(22)42)28-14(4)7-8-39-27(28)13(2)3/h6-9,13,15-16H,1,10-12,38H2,2-5H3. The number of aromatic nitrogens is 3. The molecule has 4 aromatic rings. The number of nitrogens with two attached hydrogens (primary N) is 1. The number of hydrogen-bond acceptors (Lipinski definition) is 8. The quantitative estimate of drug-likeness (QED) is 0.152. The number of carbonyl (C=O) groups excluding carboxylic acids is 1. The topological polar surface area (TPSA) is 131 Å². The largest absolute Gasteiger partial charge is 0.397 e. The van der Waals surface area contributed by atoms with E-state index in [1.54, 1.807) is 31.0 Å². The maximum Gasteiger partial charge on any atom is 0.354 e. The van der Waals surface area contributed by atoms with E-state index in [1.807, 2.05) is 13.8 Å². The second-order valence-corrected chi connectivity index (χ2v) is 15.4. The predicted octanol–water partition coefficient (Wildman–Crippen LogP) is 6.08. The van der Waals surface area contributed by atoms with E-state index in [4.69, 9.17) is 40.5 Å². The number of hydrogen-bond donors (Lipinski definition) is 1. The number of sulfone groups is 1. The van der Waals surface area contributed by atoms with Gasteiger partial charge in [-0.15, -0.1) is 0 Å². The molecule has 252 valence electrons. The lowest BCUT2D eigenvalue weighted by molar-refractivity contribution is -0.127. The molecule has 2 atom stereocenters. The van der Waals surface area contributed by atoms with E-state index in [-0.39, 0.29) is 46.4 Å². The number of nitrogens with zero attached hydrogens (tertiary/aromatic N) is 5. The highest BCUT2D eigenvalue weighted by Crippen LogP contribution is 2.50. The Hall–Kier alpha value is -3.78. The van der Waals surface area contributed by atoms with E-state index in [1.165, 1.54) is 4.90 Å². The van der Waals surface area contributed by atoms with Gasteiger partial charge in [-0.3, -0.25) is 14.3 Å². The number of fused-ring (bicyclic) bond motifs is 2. The second-order valence-electron chi connectivity index (χ2n) is 12.2. The molecule has 10 nitrogen and oxygen atoms in total. The maximum absolute atomic E-state index is 17.2. The first-order chi connectivity index (χ1) is 22.5. The summed E-state index contributed by atoms with van der Waals surface area (Å²) < 4.78 is 63.1. The van der Waals surface area contributed by atoms with Crippen LogP contribution in [0.2, 0.25) is 15.1 Å². The first-order valence-electron chi connectivity index (χ1n) is 14.8. The Morgan fingerprint density at radius 3 is 2.48 bits per heavy atom. The number of pyridine rings is 1. The summed E-state index contributed by atoms with van der Waals surface area (Å²) in [4.78, 5) is 38.1. The third-order valence-electron chi connectivity index (χ3n) is 8.77. The van der Waals surface area contributed by atoms with E-state index in [0.717, 1.165) is 16.7 Å². The van der Waals surface area contributed by atoms with Crippen molar-refractivity contribution in [2.45, 2.75) is 50.6 Å². The van der Waals surface area contributed by atoms with Crippen LogP contribution in [0.4, 0.5) is 20.3 Å². The van der Waals surface area contributed by atoms with Crippen molar-refractivity contribution >= 4 is 73.0 Å². The van der Waals surface area contributed by atoms with Crippen LogP contribution in [0.25, 0.3) is 27.7 Å². The Kier molecular flexibility index (Phi) is 8.50. The number of aryl methyl sites for hydroxylation is 1. The summed E-state index contributed by atoms with van der Waals surface area (Å²) >= 11 is 19.4. The highest BCUT2D eigenvalue weighted by molar-refractivity contribution is 7.91. The van der Waals surface area contributed by atoms with E-state index in [9.17, 15) is 18.0 Å². The zero-order chi connectivity index (χ0) is 35.1. The Balaban J connectivity index is 1.88. The van der Waals surface area contributed by atoms with Gasteiger partial charge in [0.05, 0.1) is 54.8 Å². The van der Waals surface area contributed by atoms with Crippen LogP contribution in [0.15, 0.2) is 40.7 Å². The van der Waals surface area contributed by atoms with Crippen LogP contribution in [0.1, 0.15) is 37.9 Å². The molecule has 2 aromatic carbocycles. The Morgan fingerprint density at radius 1 is 1.15 bits per heavy atom. The number of benzene rings is 2. The van der Waals surface area contributed by atoms with E-state index in [0.29, 0.717) is 11.3 Å². The van der Waals surface area contributed by atoms with Gasteiger partial charge in [0.1, 0.15) is 10.7 Å². The van der Waals surface area contributed by atoms with E-state index < -0.39 is 82.7 Å². The average molecular weight is 738 g/mol. The molecule has 0 radical (unpaired) electrons. The van der Waals surface area contributed by atoms with Crippen LogP contribution >= 0.6 is 34.8 Å². The summed E-state index contributed by atoms with van der Waals surface area (Å²) in [6.45, 7) is 10.7. The van der Waals surface area contributed by atoms with Gasteiger partial charge in [0, 0.05) is 36.5 Å². The molecule has 0 saturated carbocycles. The number of nitrogen functional groups attached to an aromatic ring is 1. The third-order valence-corrected chi connectivity index (χ3v) is 11.6. The van der Waals surface area contributed by atoms with Crippen molar-refractivity contribution in [2.75, 3.05) is 29.5 Å². The number of piperazine rings is 1. The summed E-state index contributed by atoms with van der Waals surface area (Å²) in [7, 11) is -4.65. The Labute approximate surface area is 289 Å². The molecule has 0 spiro atoms. The van der Waals surface area contributed by atoms with Crippen LogP contribution in [0.3, 0.4) is 0 Å². The minimum absolute atomic E-state index is 0.0957. The zero-order valence-electron chi connectivity index (χ0n) is 26.1. The smallest absolute Gasteiger partial charge is 0.354 e. The fourth-order valence-electron chi connectivity index (χ4n) is 6.75. The normalized spacial score (nSPS) is 18.6. The number of anilines is 2. The molecule has 1 fully saturated rings. The van der Waals surface area contributed by atoms with Crippen molar-refractivity contribution in [3.63, 3.8) is 0 Å². The molecule has 0 aliphatic carbocycles. The number of carbonyl (C=O) groups is 1. The lowest BCUT2D eigenvalue weighted by atomic mass is 9.98. The minimum atomic E-state index is -4.65. The third kappa shape index (κ3) is 5.05. The van der Waals surface area contributed by atoms with Crippen LogP contribution in [0.5, 0.6) is 0 Å². The first-order valence-corrected chi connectivity index (χ1v) is 17.6. The van der Waals surface area contributed by atoms with Crippen LogP contribution < -0.4 is 16.3 Å². The monoisotopic (exact) mass is 736 g/mol. The molecule has 1 amide bonds. The molecule has 2 unspecified atom stereocenters. The van der Waals surface area contributed by atoms with Gasteiger partial charge >= 0.3 is 5.69 Å². The Bertz CT molecular complexity index is 2240. The van der Waals surface area contributed by atoms with E-state index >= 15 is 8.78 Å². The first kappa shape index (κ1) is 34.1. The van der Waals surface area contributed by atoms with Crippen molar-refractivity contribution in [1.29, 1.82) is 0 Å². The summed E-state index contributed by atoms with van der Waals surface area (Å²) in [5.74, 6) is -4.15.